The van der Waals surface area contributed by atoms with E-state index in [2.05, 4.69) is 15.9 Å². The van der Waals surface area contributed by atoms with Crippen molar-refractivity contribution < 1.29 is 4.39 Å². The SMILES string of the molecule is NC1(c2ccc(Cl)c(F)c2Br)CCCCC1. The molecule has 1 aromatic carbocycles. The molecule has 0 spiro atoms. The lowest BCUT2D eigenvalue weighted by atomic mass is 9.77. The van der Waals surface area contributed by atoms with E-state index in [9.17, 15) is 4.39 Å². The van der Waals surface area contributed by atoms with Crippen molar-refractivity contribution in [3.63, 3.8) is 0 Å². The summed E-state index contributed by atoms with van der Waals surface area (Å²) in [6.07, 6.45) is 5.24. The molecule has 2 rings (SSSR count). The standard InChI is InChI=1S/C12H14BrClFN/c13-10-8(4-5-9(14)11(10)15)12(16)6-2-1-3-7-12/h4-5H,1-3,6-7,16H2. The van der Waals surface area contributed by atoms with E-state index in [1.165, 1.54) is 6.42 Å². The largest absolute Gasteiger partial charge is 0.321 e. The van der Waals surface area contributed by atoms with E-state index < -0.39 is 11.4 Å². The summed E-state index contributed by atoms with van der Waals surface area (Å²) in [6, 6.07) is 3.42. The predicted octanol–water partition coefficient (Wildman–Crippen LogP) is 4.36. The molecule has 4 heteroatoms. The average Bonchev–Trinajstić information content (AvgIpc) is 2.27. The maximum absolute atomic E-state index is 13.7. The van der Waals surface area contributed by atoms with Gasteiger partial charge in [0.25, 0.3) is 0 Å². The van der Waals surface area contributed by atoms with Crippen LogP contribution in [0.15, 0.2) is 16.6 Å². The third-order valence-electron chi connectivity index (χ3n) is 3.32. The Morgan fingerprint density at radius 1 is 1.25 bits per heavy atom. The maximum Gasteiger partial charge on any atom is 0.156 e. The molecule has 1 aliphatic carbocycles. The average molecular weight is 307 g/mol. The van der Waals surface area contributed by atoms with Crippen LogP contribution in [0.4, 0.5) is 4.39 Å². The van der Waals surface area contributed by atoms with Crippen molar-refractivity contribution in [2.45, 2.75) is 37.6 Å². The highest BCUT2D eigenvalue weighted by Gasteiger charge is 2.32. The van der Waals surface area contributed by atoms with Crippen molar-refractivity contribution in [1.29, 1.82) is 0 Å². The molecule has 0 aliphatic heterocycles. The fraction of sp³-hybridized carbons (Fsp3) is 0.500. The topological polar surface area (TPSA) is 26.0 Å². The molecule has 0 unspecified atom stereocenters. The van der Waals surface area contributed by atoms with E-state index in [-0.39, 0.29) is 5.02 Å². The summed E-state index contributed by atoms with van der Waals surface area (Å²) in [4.78, 5) is 0. The molecule has 16 heavy (non-hydrogen) atoms. The Bertz CT molecular complexity index is 402. The highest BCUT2D eigenvalue weighted by molar-refractivity contribution is 9.10. The molecule has 1 aromatic rings. The van der Waals surface area contributed by atoms with Gasteiger partial charge in [-0.05, 0) is 40.4 Å². The smallest absolute Gasteiger partial charge is 0.156 e. The van der Waals surface area contributed by atoms with Gasteiger partial charge in [0.1, 0.15) is 0 Å². The first kappa shape index (κ1) is 12.3. The molecule has 0 atom stereocenters. The first-order chi connectivity index (χ1) is 7.54. The molecule has 0 radical (unpaired) electrons. The lowest BCUT2D eigenvalue weighted by Crippen LogP contribution is -2.39. The minimum atomic E-state index is -0.408. The minimum absolute atomic E-state index is 0.134. The Hall–Kier alpha value is -0.120. The van der Waals surface area contributed by atoms with Crippen LogP contribution in [0, 0.1) is 5.82 Å². The third kappa shape index (κ3) is 2.13. The quantitative estimate of drug-likeness (QED) is 0.767. The summed E-state index contributed by atoms with van der Waals surface area (Å²) in [6.45, 7) is 0. The van der Waals surface area contributed by atoms with Crippen molar-refractivity contribution in [1.82, 2.24) is 0 Å². The van der Waals surface area contributed by atoms with Crippen LogP contribution < -0.4 is 5.73 Å². The molecular weight excluding hydrogens is 292 g/mol. The lowest BCUT2D eigenvalue weighted by molar-refractivity contribution is 0.300. The number of rotatable bonds is 1. The number of benzene rings is 1. The molecule has 0 saturated heterocycles. The Kier molecular flexibility index (Phi) is 3.57. The summed E-state index contributed by atoms with van der Waals surface area (Å²) in [5, 5.41) is 0.134. The van der Waals surface area contributed by atoms with Crippen LogP contribution in [0.5, 0.6) is 0 Å². The number of nitrogens with two attached hydrogens (primary N) is 1. The van der Waals surface area contributed by atoms with Crippen LogP contribution in [-0.2, 0) is 5.54 Å². The van der Waals surface area contributed by atoms with Crippen LogP contribution >= 0.6 is 27.5 Å². The molecular formula is C12H14BrClFN. The lowest BCUT2D eigenvalue weighted by Gasteiger charge is -2.34. The van der Waals surface area contributed by atoms with Gasteiger partial charge >= 0.3 is 0 Å². The predicted molar refractivity (Wildman–Crippen MR) is 68.1 cm³/mol. The van der Waals surface area contributed by atoms with E-state index >= 15 is 0 Å². The van der Waals surface area contributed by atoms with Gasteiger partial charge in [-0.3, -0.25) is 0 Å². The van der Waals surface area contributed by atoms with Crippen molar-refractivity contribution in [3.8, 4) is 0 Å². The molecule has 0 aromatic heterocycles. The summed E-state index contributed by atoms with van der Waals surface area (Å²) in [5.74, 6) is -0.408. The van der Waals surface area contributed by atoms with Crippen molar-refractivity contribution >= 4 is 27.5 Å². The second-order valence-corrected chi connectivity index (χ2v) is 5.64. The van der Waals surface area contributed by atoms with Gasteiger partial charge in [-0.15, -0.1) is 0 Å². The summed E-state index contributed by atoms with van der Waals surface area (Å²) in [5.41, 5.74) is 6.80. The van der Waals surface area contributed by atoms with E-state index in [1.54, 1.807) is 6.07 Å². The number of halogens is 3. The van der Waals surface area contributed by atoms with E-state index in [1.807, 2.05) is 6.07 Å². The molecule has 2 N–H and O–H groups in total. The Labute approximate surface area is 108 Å². The van der Waals surface area contributed by atoms with E-state index in [0.29, 0.717) is 4.47 Å². The van der Waals surface area contributed by atoms with Gasteiger partial charge in [0.05, 0.1) is 9.50 Å². The van der Waals surface area contributed by atoms with Gasteiger partial charge in [0, 0.05) is 5.54 Å². The molecule has 0 amide bonds. The van der Waals surface area contributed by atoms with Gasteiger partial charge in [-0.25, -0.2) is 4.39 Å². The normalized spacial score (nSPS) is 19.8. The first-order valence-electron chi connectivity index (χ1n) is 5.47. The van der Waals surface area contributed by atoms with E-state index in [0.717, 1.165) is 31.2 Å². The van der Waals surface area contributed by atoms with Gasteiger partial charge in [0.15, 0.2) is 5.82 Å². The zero-order valence-electron chi connectivity index (χ0n) is 8.90. The monoisotopic (exact) mass is 305 g/mol. The molecule has 1 saturated carbocycles. The fourth-order valence-electron chi connectivity index (χ4n) is 2.36. The highest BCUT2D eigenvalue weighted by atomic mass is 79.9. The minimum Gasteiger partial charge on any atom is -0.321 e. The summed E-state index contributed by atoms with van der Waals surface area (Å²) >= 11 is 8.99. The second-order valence-electron chi connectivity index (χ2n) is 4.44. The van der Waals surface area contributed by atoms with Crippen molar-refractivity contribution in [2.24, 2.45) is 5.73 Å². The second kappa shape index (κ2) is 4.63. The molecule has 0 heterocycles. The maximum atomic E-state index is 13.7. The Morgan fingerprint density at radius 3 is 2.50 bits per heavy atom. The van der Waals surface area contributed by atoms with Crippen LogP contribution in [0.3, 0.4) is 0 Å². The number of hydrogen-bond acceptors (Lipinski definition) is 1. The molecule has 88 valence electrons. The molecule has 1 fully saturated rings. The van der Waals surface area contributed by atoms with Crippen molar-refractivity contribution in [3.05, 3.63) is 33.0 Å². The van der Waals surface area contributed by atoms with Gasteiger partial charge in [-0.1, -0.05) is 36.9 Å². The van der Waals surface area contributed by atoms with Gasteiger partial charge in [-0.2, -0.15) is 0 Å². The van der Waals surface area contributed by atoms with Crippen LogP contribution in [0.1, 0.15) is 37.7 Å². The molecule has 1 aliphatic rings. The fourth-order valence-corrected chi connectivity index (χ4v) is 3.37. The van der Waals surface area contributed by atoms with Crippen LogP contribution in [0.2, 0.25) is 5.02 Å². The van der Waals surface area contributed by atoms with Gasteiger partial charge in [0.2, 0.25) is 0 Å². The zero-order chi connectivity index (χ0) is 11.8. The Balaban J connectivity index is 2.43. The highest BCUT2D eigenvalue weighted by Crippen LogP contribution is 2.40. The van der Waals surface area contributed by atoms with Gasteiger partial charge < -0.3 is 5.73 Å². The third-order valence-corrected chi connectivity index (χ3v) is 4.38. The molecule has 0 bridgehead atoms. The summed E-state index contributed by atoms with van der Waals surface area (Å²) < 4.78 is 14.1. The zero-order valence-corrected chi connectivity index (χ0v) is 11.2. The van der Waals surface area contributed by atoms with Crippen LogP contribution in [0.25, 0.3) is 0 Å². The first-order valence-corrected chi connectivity index (χ1v) is 6.64. The van der Waals surface area contributed by atoms with Crippen LogP contribution in [-0.4, -0.2) is 0 Å². The molecule has 1 nitrogen and oxygen atoms in total. The van der Waals surface area contributed by atoms with E-state index in [4.69, 9.17) is 17.3 Å². The summed E-state index contributed by atoms with van der Waals surface area (Å²) in [7, 11) is 0. The Morgan fingerprint density at radius 2 is 1.88 bits per heavy atom. The number of hydrogen-bond donors (Lipinski definition) is 1. The van der Waals surface area contributed by atoms with Crippen molar-refractivity contribution in [2.75, 3.05) is 0 Å².